The number of nitriles is 1. The van der Waals surface area contributed by atoms with Crippen LogP contribution in [-0.4, -0.2) is 30.2 Å². The molecule has 0 saturated carbocycles. The van der Waals surface area contributed by atoms with E-state index in [0.717, 1.165) is 0 Å². The molecule has 8 nitrogen and oxygen atoms in total. The van der Waals surface area contributed by atoms with Crippen LogP contribution in [0.25, 0.3) is 0 Å². The highest BCUT2D eigenvalue weighted by Gasteiger charge is 2.16. The van der Waals surface area contributed by atoms with Gasteiger partial charge >= 0.3 is 6.01 Å². The lowest BCUT2D eigenvalue weighted by Crippen LogP contribution is -2.16. The number of sulfonamides is 1. The number of rotatable bonds is 6. The van der Waals surface area contributed by atoms with Crippen LogP contribution in [0.15, 0.2) is 24.3 Å². The molecule has 0 fully saturated rings. The first-order valence-electron chi connectivity index (χ1n) is 6.07. The predicted molar refractivity (Wildman–Crippen MR) is 75.0 cm³/mol. The van der Waals surface area contributed by atoms with Crippen LogP contribution >= 0.6 is 0 Å². The standard InChI is InChI=1S/C12H13N5O3S/c1-2-20-12-14-11(15-16-12)17-21(18,19)8-10-6-4-3-5-9(10)7-13/h3-6H,2,8H2,1H3,(H2,14,15,16,17). The number of nitrogens with one attached hydrogen (secondary N) is 2. The molecule has 0 saturated heterocycles. The fourth-order valence-corrected chi connectivity index (χ4v) is 2.75. The Morgan fingerprint density at radius 2 is 2.19 bits per heavy atom. The van der Waals surface area contributed by atoms with Crippen molar-refractivity contribution in [3.63, 3.8) is 0 Å². The highest BCUT2D eigenvalue weighted by molar-refractivity contribution is 7.91. The summed E-state index contributed by atoms with van der Waals surface area (Å²) in [5, 5.41) is 15.1. The van der Waals surface area contributed by atoms with Gasteiger partial charge < -0.3 is 4.74 Å². The van der Waals surface area contributed by atoms with E-state index < -0.39 is 10.0 Å². The maximum absolute atomic E-state index is 12.1. The van der Waals surface area contributed by atoms with Crippen LogP contribution in [-0.2, 0) is 15.8 Å². The van der Waals surface area contributed by atoms with Gasteiger partial charge in [-0.15, -0.1) is 5.10 Å². The molecule has 0 aliphatic heterocycles. The summed E-state index contributed by atoms with van der Waals surface area (Å²) < 4.78 is 31.4. The summed E-state index contributed by atoms with van der Waals surface area (Å²) in [6.45, 7) is 2.14. The third-order valence-corrected chi connectivity index (χ3v) is 3.67. The van der Waals surface area contributed by atoms with E-state index in [1.54, 1.807) is 31.2 Å². The van der Waals surface area contributed by atoms with Gasteiger partial charge in [0.15, 0.2) is 0 Å². The molecule has 0 radical (unpaired) electrons. The maximum atomic E-state index is 12.1. The summed E-state index contributed by atoms with van der Waals surface area (Å²) in [6, 6.07) is 8.51. The van der Waals surface area contributed by atoms with Crippen molar-refractivity contribution < 1.29 is 13.2 Å². The Morgan fingerprint density at radius 3 is 2.90 bits per heavy atom. The Balaban J connectivity index is 2.13. The van der Waals surface area contributed by atoms with Crippen molar-refractivity contribution in [2.75, 3.05) is 11.3 Å². The lowest BCUT2D eigenvalue weighted by molar-refractivity contribution is 0.314. The van der Waals surface area contributed by atoms with Crippen molar-refractivity contribution in [3.8, 4) is 12.1 Å². The highest BCUT2D eigenvalue weighted by atomic mass is 32.2. The minimum absolute atomic E-state index is 0.0344. The van der Waals surface area contributed by atoms with Crippen LogP contribution in [0, 0.1) is 11.3 Å². The summed E-state index contributed by atoms with van der Waals surface area (Å²) in [5.41, 5.74) is 0.729. The van der Waals surface area contributed by atoms with Gasteiger partial charge in [-0.25, -0.2) is 13.5 Å². The van der Waals surface area contributed by atoms with Crippen LogP contribution < -0.4 is 9.46 Å². The molecule has 1 aromatic carbocycles. The first-order chi connectivity index (χ1) is 10.0. The largest absolute Gasteiger partial charge is 0.463 e. The third kappa shape index (κ3) is 3.93. The lowest BCUT2D eigenvalue weighted by Gasteiger charge is -2.06. The van der Waals surface area contributed by atoms with E-state index in [4.69, 9.17) is 10.00 Å². The molecule has 0 amide bonds. The topological polar surface area (TPSA) is 121 Å². The van der Waals surface area contributed by atoms with Gasteiger partial charge in [-0.3, -0.25) is 4.72 Å². The van der Waals surface area contributed by atoms with E-state index in [1.165, 1.54) is 0 Å². The molecule has 0 unspecified atom stereocenters. The second-order valence-corrected chi connectivity index (χ2v) is 5.75. The molecular formula is C12H13N5O3S. The van der Waals surface area contributed by atoms with Crippen LogP contribution in [0.4, 0.5) is 5.95 Å². The number of benzene rings is 1. The number of ether oxygens (including phenoxy) is 1. The Hall–Kier alpha value is -2.60. The van der Waals surface area contributed by atoms with Gasteiger partial charge in [0.25, 0.3) is 0 Å². The van der Waals surface area contributed by atoms with Gasteiger partial charge in [0.2, 0.25) is 16.0 Å². The molecule has 0 spiro atoms. The molecular weight excluding hydrogens is 294 g/mol. The summed E-state index contributed by atoms with van der Waals surface area (Å²) in [6.07, 6.45) is 0. The number of anilines is 1. The summed E-state index contributed by atoms with van der Waals surface area (Å²) in [7, 11) is -3.71. The van der Waals surface area contributed by atoms with Gasteiger partial charge in [0, 0.05) is 0 Å². The zero-order valence-corrected chi connectivity index (χ0v) is 12.0. The molecule has 0 atom stereocenters. The molecule has 0 aliphatic rings. The zero-order valence-electron chi connectivity index (χ0n) is 11.2. The lowest BCUT2D eigenvalue weighted by atomic mass is 10.1. The van der Waals surface area contributed by atoms with Gasteiger partial charge in [-0.1, -0.05) is 18.2 Å². The van der Waals surface area contributed by atoms with Crippen molar-refractivity contribution in [2.45, 2.75) is 12.7 Å². The van der Waals surface area contributed by atoms with E-state index >= 15 is 0 Å². The molecule has 1 heterocycles. The maximum Gasteiger partial charge on any atom is 0.337 e. The Bertz CT molecular complexity index is 763. The Morgan fingerprint density at radius 1 is 1.43 bits per heavy atom. The molecule has 0 bridgehead atoms. The number of H-pyrrole nitrogens is 1. The van der Waals surface area contributed by atoms with E-state index in [1.807, 2.05) is 6.07 Å². The van der Waals surface area contributed by atoms with Crippen LogP contribution in [0.3, 0.4) is 0 Å². The van der Waals surface area contributed by atoms with Crippen molar-refractivity contribution in [2.24, 2.45) is 0 Å². The monoisotopic (exact) mass is 307 g/mol. The van der Waals surface area contributed by atoms with E-state index in [0.29, 0.717) is 17.7 Å². The number of aromatic amines is 1. The van der Waals surface area contributed by atoms with Gasteiger partial charge in [-0.05, 0) is 18.6 Å². The van der Waals surface area contributed by atoms with Gasteiger partial charge in [-0.2, -0.15) is 10.2 Å². The second kappa shape index (κ2) is 6.23. The van der Waals surface area contributed by atoms with Crippen molar-refractivity contribution in [1.82, 2.24) is 15.2 Å². The third-order valence-electron chi connectivity index (χ3n) is 2.47. The van der Waals surface area contributed by atoms with E-state index in [-0.39, 0.29) is 17.7 Å². The van der Waals surface area contributed by atoms with Crippen LogP contribution in [0.1, 0.15) is 18.1 Å². The molecule has 110 valence electrons. The number of hydrogen-bond donors (Lipinski definition) is 2. The predicted octanol–water partition coefficient (Wildman–Crippen LogP) is 1.02. The Kier molecular flexibility index (Phi) is 4.39. The van der Waals surface area contributed by atoms with E-state index in [9.17, 15) is 8.42 Å². The van der Waals surface area contributed by atoms with Crippen LogP contribution in [0.5, 0.6) is 6.01 Å². The first kappa shape index (κ1) is 14.8. The van der Waals surface area contributed by atoms with Crippen molar-refractivity contribution in [1.29, 1.82) is 5.26 Å². The molecule has 9 heteroatoms. The minimum Gasteiger partial charge on any atom is -0.463 e. The average Bonchev–Trinajstić information content (AvgIpc) is 2.86. The van der Waals surface area contributed by atoms with Crippen molar-refractivity contribution >= 4 is 16.0 Å². The van der Waals surface area contributed by atoms with Crippen LogP contribution in [0.2, 0.25) is 0 Å². The summed E-state index contributed by atoms with van der Waals surface area (Å²) in [5.74, 6) is -0.366. The number of aromatic nitrogens is 3. The molecule has 2 N–H and O–H groups in total. The number of nitrogens with zero attached hydrogens (tertiary/aromatic N) is 3. The Labute approximate surface area is 121 Å². The zero-order chi connectivity index (χ0) is 15.3. The average molecular weight is 307 g/mol. The second-order valence-electron chi connectivity index (χ2n) is 4.03. The minimum atomic E-state index is -3.71. The van der Waals surface area contributed by atoms with Gasteiger partial charge in [0.1, 0.15) is 0 Å². The fraction of sp³-hybridized carbons (Fsp3) is 0.250. The first-order valence-corrected chi connectivity index (χ1v) is 7.73. The molecule has 1 aromatic heterocycles. The summed E-state index contributed by atoms with van der Waals surface area (Å²) in [4.78, 5) is 3.83. The molecule has 2 aromatic rings. The van der Waals surface area contributed by atoms with Gasteiger partial charge in [0.05, 0.1) is 24.0 Å². The SMILES string of the molecule is CCOc1n[nH]c(NS(=O)(=O)Cc2ccccc2C#N)n1. The van der Waals surface area contributed by atoms with E-state index in [2.05, 4.69) is 19.9 Å². The highest BCUT2D eigenvalue weighted by Crippen LogP contribution is 2.14. The normalized spacial score (nSPS) is 10.9. The molecule has 2 rings (SSSR count). The summed E-state index contributed by atoms with van der Waals surface area (Å²) >= 11 is 0. The molecule has 21 heavy (non-hydrogen) atoms. The molecule has 0 aliphatic carbocycles. The van der Waals surface area contributed by atoms with Crippen molar-refractivity contribution in [3.05, 3.63) is 35.4 Å². The quantitative estimate of drug-likeness (QED) is 0.821. The fourth-order valence-electron chi connectivity index (χ4n) is 1.63. The number of hydrogen-bond acceptors (Lipinski definition) is 6. The smallest absolute Gasteiger partial charge is 0.337 e.